The van der Waals surface area contributed by atoms with Crippen LogP contribution in [0.2, 0.25) is 0 Å². The SMILES string of the molecule is Cc1ccc(C)c(N2N=C(C(=O)NC3CCOc4ccccc43)CCC2=O)c1. The molecule has 0 radical (unpaired) electrons. The van der Waals surface area contributed by atoms with Crippen molar-refractivity contribution >= 4 is 23.2 Å². The number of aryl methyl sites for hydroxylation is 2. The summed E-state index contributed by atoms with van der Waals surface area (Å²) in [6, 6.07) is 13.5. The van der Waals surface area contributed by atoms with Crippen LogP contribution in [-0.4, -0.2) is 24.1 Å². The van der Waals surface area contributed by atoms with Gasteiger partial charge in [-0.25, -0.2) is 5.01 Å². The number of benzene rings is 2. The van der Waals surface area contributed by atoms with Gasteiger partial charge < -0.3 is 10.1 Å². The van der Waals surface area contributed by atoms with Crippen molar-refractivity contribution in [3.8, 4) is 5.75 Å². The summed E-state index contributed by atoms with van der Waals surface area (Å²) in [4.78, 5) is 25.3. The lowest BCUT2D eigenvalue weighted by Gasteiger charge is -2.28. The number of anilines is 1. The number of carbonyl (C=O) groups is 2. The van der Waals surface area contributed by atoms with Crippen molar-refractivity contribution in [2.45, 2.75) is 39.2 Å². The fraction of sp³-hybridized carbons (Fsp3) is 0.318. The summed E-state index contributed by atoms with van der Waals surface area (Å²) in [7, 11) is 0. The second-order valence-corrected chi connectivity index (χ2v) is 7.24. The van der Waals surface area contributed by atoms with Crippen molar-refractivity contribution in [1.82, 2.24) is 5.32 Å². The number of hydrazone groups is 1. The minimum absolute atomic E-state index is 0.0957. The molecular weight excluding hydrogens is 354 g/mol. The Morgan fingerprint density at radius 2 is 2.00 bits per heavy atom. The Morgan fingerprint density at radius 1 is 1.18 bits per heavy atom. The fourth-order valence-electron chi connectivity index (χ4n) is 3.59. The Kier molecular flexibility index (Phi) is 4.86. The molecule has 1 unspecified atom stereocenters. The van der Waals surface area contributed by atoms with Crippen molar-refractivity contribution in [2.75, 3.05) is 11.6 Å². The number of para-hydroxylation sites is 1. The topological polar surface area (TPSA) is 71.0 Å². The average molecular weight is 377 g/mol. The quantitative estimate of drug-likeness (QED) is 0.891. The first kappa shape index (κ1) is 18.2. The van der Waals surface area contributed by atoms with E-state index in [0.29, 0.717) is 25.2 Å². The summed E-state index contributed by atoms with van der Waals surface area (Å²) in [6.45, 7) is 4.46. The van der Waals surface area contributed by atoms with Gasteiger partial charge in [0.25, 0.3) is 5.91 Å². The van der Waals surface area contributed by atoms with Crippen molar-refractivity contribution in [3.05, 3.63) is 59.2 Å². The number of fused-ring (bicyclic) bond motifs is 1. The summed E-state index contributed by atoms with van der Waals surface area (Å²) < 4.78 is 5.66. The van der Waals surface area contributed by atoms with E-state index in [9.17, 15) is 9.59 Å². The van der Waals surface area contributed by atoms with Crippen molar-refractivity contribution in [2.24, 2.45) is 5.10 Å². The van der Waals surface area contributed by atoms with Gasteiger partial charge in [0.05, 0.1) is 18.3 Å². The second-order valence-electron chi connectivity index (χ2n) is 7.24. The van der Waals surface area contributed by atoms with Crippen LogP contribution in [0.5, 0.6) is 5.75 Å². The van der Waals surface area contributed by atoms with Crippen LogP contribution >= 0.6 is 0 Å². The molecule has 144 valence electrons. The molecule has 6 nitrogen and oxygen atoms in total. The number of nitrogens with one attached hydrogen (secondary N) is 1. The normalized spacial score (nSPS) is 18.8. The van der Waals surface area contributed by atoms with Crippen molar-refractivity contribution in [1.29, 1.82) is 0 Å². The number of nitrogens with zero attached hydrogens (tertiary/aromatic N) is 2. The molecular formula is C22H23N3O3. The molecule has 2 aliphatic rings. The number of hydrogen-bond acceptors (Lipinski definition) is 4. The van der Waals surface area contributed by atoms with Gasteiger partial charge >= 0.3 is 0 Å². The summed E-state index contributed by atoms with van der Waals surface area (Å²) in [5, 5.41) is 8.86. The molecule has 2 heterocycles. The van der Waals surface area contributed by atoms with E-state index in [1.807, 2.05) is 56.3 Å². The van der Waals surface area contributed by atoms with Crippen LogP contribution < -0.4 is 15.1 Å². The third kappa shape index (κ3) is 3.50. The lowest BCUT2D eigenvalue weighted by Crippen LogP contribution is -2.41. The number of rotatable bonds is 3. The van der Waals surface area contributed by atoms with Gasteiger partial charge in [-0.1, -0.05) is 30.3 Å². The molecule has 0 fully saturated rings. The zero-order chi connectivity index (χ0) is 19.7. The van der Waals surface area contributed by atoms with E-state index < -0.39 is 0 Å². The highest BCUT2D eigenvalue weighted by atomic mass is 16.5. The molecule has 2 aromatic carbocycles. The first-order chi connectivity index (χ1) is 13.5. The van der Waals surface area contributed by atoms with Gasteiger partial charge in [-0.05, 0) is 37.1 Å². The van der Waals surface area contributed by atoms with Crippen molar-refractivity contribution < 1.29 is 14.3 Å². The minimum Gasteiger partial charge on any atom is -0.493 e. The second kappa shape index (κ2) is 7.46. The highest BCUT2D eigenvalue weighted by Gasteiger charge is 2.29. The third-order valence-electron chi connectivity index (χ3n) is 5.15. The third-order valence-corrected chi connectivity index (χ3v) is 5.15. The molecule has 6 heteroatoms. The monoisotopic (exact) mass is 377 g/mol. The van der Waals surface area contributed by atoms with E-state index in [-0.39, 0.29) is 24.3 Å². The molecule has 2 amide bonds. The predicted octanol–water partition coefficient (Wildman–Crippen LogP) is 3.43. The Balaban J connectivity index is 1.58. The summed E-state index contributed by atoms with van der Waals surface area (Å²) >= 11 is 0. The summed E-state index contributed by atoms with van der Waals surface area (Å²) in [5.74, 6) is 0.475. The number of amides is 2. The van der Waals surface area contributed by atoms with Gasteiger partial charge in [0.15, 0.2) is 0 Å². The molecule has 2 aromatic rings. The molecule has 0 bridgehead atoms. The largest absolute Gasteiger partial charge is 0.493 e. The molecule has 0 saturated carbocycles. The van der Waals surface area contributed by atoms with Crippen LogP contribution in [-0.2, 0) is 9.59 Å². The zero-order valence-electron chi connectivity index (χ0n) is 16.1. The smallest absolute Gasteiger partial charge is 0.268 e. The molecule has 4 rings (SSSR count). The van der Waals surface area contributed by atoms with Gasteiger partial charge in [-0.2, -0.15) is 5.10 Å². The molecule has 0 aromatic heterocycles. The zero-order valence-corrected chi connectivity index (χ0v) is 16.1. The van der Waals surface area contributed by atoms with Gasteiger partial charge in [0.1, 0.15) is 11.5 Å². The number of carbonyl (C=O) groups excluding carboxylic acids is 2. The van der Waals surface area contributed by atoms with Crippen molar-refractivity contribution in [3.63, 3.8) is 0 Å². The molecule has 1 N–H and O–H groups in total. The molecule has 0 spiro atoms. The summed E-state index contributed by atoms with van der Waals surface area (Å²) in [6.07, 6.45) is 1.32. The Bertz CT molecular complexity index is 967. The Labute approximate surface area is 164 Å². The van der Waals surface area contributed by atoms with E-state index in [4.69, 9.17) is 4.74 Å². The maximum atomic E-state index is 12.9. The van der Waals surface area contributed by atoms with Gasteiger partial charge in [0.2, 0.25) is 5.91 Å². The fourth-order valence-corrected chi connectivity index (χ4v) is 3.59. The molecule has 1 atom stereocenters. The van der Waals surface area contributed by atoms with E-state index in [2.05, 4.69) is 10.4 Å². The standard InChI is InChI=1S/C22H23N3O3/c1-14-7-8-15(2)19(13-14)25-21(26)10-9-18(24-25)22(27)23-17-11-12-28-20-6-4-3-5-16(17)20/h3-8,13,17H,9-12H2,1-2H3,(H,23,27). The lowest BCUT2D eigenvalue weighted by atomic mass is 10.00. The highest BCUT2D eigenvalue weighted by molar-refractivity contribution is 6.40. The minimum atomic E-state index is -0.232. The summed E-state index contributed by atoms with van der Waals surface area (Å²) in [5.41, 5.74) is 4.07. The molecule has 0 saturated heterocycles. The van der Waals surface area contributed by atoms with Crippen LogP contribution in [0, 0.1) is 13.8 Å². The average Bonchev–Trinajstić information content (AvgIpc) is 2.70. The highest BCUT2D eigenvalue weighted by Crippen LogP contribution is 2.32. The van der Waals surface area contributed by atoms with Crippen LogP contribution in [0.25, 0.3) is 0 Å². The Hall–Kier alpha value is -3.15. The first-order valence-corrected chi connectivity index (χ1v) is 9.53. The first-order valence-electron chi connectivity index (χ1n) is 9.53. The predicted molar refractivity (Wildman–Crippen MR) is 108 cm³/mol. The van der Waals surface area contributed by atoms with Crippen LogP contribution in [0.15, 0.2) is 47.6 Å². The van der Waals surface area contributed by atoms with Crippen LogP contribution in [0.1, 0.15) is 42.0 Å². The van der Waals surface area contributed by atoms with E-state index in [0.717, 1.165) is 28.1 Å². The van der Waals surface area contributed by atoms with E-state index >= 15 is 0 Å². The van der Waals surface area contributed by atoms with Gasteiger partial charge in [0, 0.05) is 24.8 Å². The maximum absolute atomic E-state index is 12.9. The van der Waals surface area contributed by atoms with E-state index in [1.54, 1.807) is 0 Å². The molecule has 0 aliphatic carbocycles. The Morgan fingerprint density at radius 3 is 2.86 bits per heavy atom. The number of ether oxygens (including phenoxy) is 1. The molecule has 28 heavy (non-hydrogen) atoms. The lowest BCUT2D eigenvalue weighted by molar-refractivity contribution is -0.119. The molecule has 2 aliphatic heterocycles. The van der Waals surface area contributed by atoms with Gasteiger partial charge in [-0.15, -0.1) is 0 Å². The van der Waals surface area contributed by atoms with Crippen LogP contribution in [0.4, 0.5) is 5.69 Å². The van der Waals surface area contributed by atoms with E-state index in [1.165, 1.54) is 5.01 Å². The maximum Gasteiger partial charge on any atom is 0.268 e. The number of hydrogen-bond donors (Lipinski definition) is 1. The van der Waals surface area contributed by atoms with Gasteiger partial charge in [-0.3, -0.25) is 9.59 Å². The van der Waals surface area contributed by atoms with Crippen LogP contribution in [0.3, 0.4) is 0 Å².